The number of anilines is 1. The minimum atomic E-state index is -1.07. The number of carbonyl (C=O) groups is 2. The third-order valence-electron chi connectivity index (χ3n) is 3.63. The molecule has 1 aliphatic heterocycles. The third-order valence-corrected chi connectivity index (χ3v) is 3.63. The van der Waals surface area contributed by atoms with E-state index in [1.165, 1.54) is 6.07 Å². The molecule has 3 rings (SSSR count). The molecular formula is C12H14N2O4. The Balaban J connectivity index is 1.95. The first kappa shape index (κ1) is 11.1. The van der Waals surface area contributed by atoms with Crippen LogP contribution < -0.4 is 10.1 Å². The van der Waals surface area contributed by atoms with E-state index < -0.39 is 11.6 Å². The van der Waals surface area contributed by atoms with Crippen LogP contribution in [0, 0.1) is 0 Å². The predicted octanol–water partition coefficient (Wildman–Crippen LogP) is 1.75. The van der Waals surface area contributed by atoms with Gasteiger partial charge in [0.15, 0.2) is 5.60 Å². The van der Waals surface area contributed by atoms with Gasteiger partial charge in [0.05, 0.1) is 0 Å². The van der Waals surface area contributed by atoms with E-state index >= 15 is 0 Å². The summed E-state index contributed by atoms with van der Waals surface area (Å²) in [5.41, 5.74) is -0.381. The average Bonchev–Trinajstić information content (AvgIpc) is 2.74. The van der Waals surface area contributed by atoms with Gasteiger partial charge in [0, 0.05) is 0 Å². The summed E-state index contributed by atoms with van der Waals surface area (Å²) in [5.74, 6) is -0.875. The van der Waals surface area contributed by atoms with Crippen LogP contribution in [-0.4, -0.2) is 27.6 Å². The molecule has 1 aliphatic carbocycles. The zero-order valence-electron chi connectivity index (χ0n) is 9.78. The summed E-state index contributed by atoms with van der Waals surface area (Å²) in [6.07, 6.45) is 4.38. The van der Waals surface area contributed by atoms with Gasteiger partial charge in [0.25, 0.3) is 5.91 Å². The standard InChI is InChI=1S/C12H14N2O4/c15-10(16)8-6-7-9(13-8)18-12(11(17)14-7)4-2-1-3-5-12/h6,13H,1-5H2,(H,14,17)(H,15,16). The minimum absolute atomic E-state index is 0.0214. The summed E-state index contributed by atoms with van der Waals surface area (Å²) in [6, 6.07) is 1.38. The van der Waals surface area contributed by atoms with E-state index in [-0.39, 0.29) is 11.6 Å². The maximum absolute atomic E-state index is 12.1. The lowest BCUT2D eigenvalue weighted by Gasteiger charge is -2.38. The first-order valence-electron chi connectivity index (χ1n) is 6.07. The van der Waals surface area contributed by atoms with Crippen LogP contribution in [0.25, 0.3) is 0 Å². The van der Waals surface area contributed by atoms with E-state index in [0.717, 1.165) is 19.3 Å². The second-order valence-electron chi connectivity index (χ2n) is 4.84. The number of nitrogens with one attached hydrogen (secondary N) is 2. The Kier molecular flexibility index (Phi) is 2.33. The number of H-pyrrole nitrogens is 1. The van der Waals surface area contributed by atoms with Crippen molar-refractivity contribution in [3.8, 4) is 5.88 Å². The quantitative estimate of drug-likeness (QED) is 0.708. The maximum Gasteiger partial charge on any atom is 0.352 e. The first-order valence-corrected chi connectivity index (χ1v) is 6.07. The van der Waals surface area contributed by atoms with Gasteiger partial charge in [-0.3, -0.25) is 4.79 Å². The molecule has 18 heavy (non-hydrogen) atoms. The van der Waals surface area contributed by atoms with Gasteiger partial charge in [0.1, 0.15) is 11.4 Å². The summed E-state index contributed by atoms with van der Waals surface area (Å²) < 4.78 is 5.77. The Hall–Kier alpha value is -1.98. The number of carboxylic acids is 1. The fourth-order valence-corrected chi connectivity index (χ4v) is 2.65. The van der Waals surface area contributed by atoms with Gasteiger partial charge >= 0.3 is 5.97 Å². The van der Waals surface area contributed by atoms with Crippen LogP contribution in [0.5, 0.6) is 5.88 Å². The number of aromatic carboxylic acids is 1. The molecule has 1 fully saturated rings. The van der Waals surface area contributed by atoms with Gasteiger partial charge in [0.2, 0.25) is 5.88 Å². The Morgan fingerprint density at radius 2 is 2.06 bits per heavy atom. The number of hydrogen-bond acceptors (Lipinski definition) is 3. The number of fused-ring (bicyclic) bond motifs is 1. The van der Waals surface area contributed by atoms with Crippen molar-refractivity contribution in [3.63, 3.8) is 0 Å². The Labute approximate surface area is 103 Å². The molecule has 1 aromatic heterocycles. The van der Waals surface area contributed by atoms with Crippen LogP contribution in [0.3, 0.4) is 0 Å². The lowest BCUT2D eigenvalue weighted by atomic mass is 9.83. The van der Waals surface area contributed by atoms with Crippen LogP contribution in [-0.2, 0) is 4.79 Å². The molecule has 1 amide bonds. The monoisotopic (exact) mass is 250 g/mol. The molecule has 2 heterocycles. The first-order chi connectivity index (χ1) is 8.61. The predicted molar refractivity (Wildman–Crippen MR) is 62.8 cm³/mol. The fourth-order valence-electron chi connectivity index (χ4n) is 2.65. The highest BCUT2D eigenvalue weighted by molar-refractivity contribution is 6.02. The Bertz CT molecular complexity index is 514. The second-order valence-corrected chi connectivity index (χ2v) is 4.84. The molecule has 1 spiro atoms. The molecule has 0 radical (unpaired) electrons. The molecular weight excluding hydrogens is 236 g/mol. The van der Waals surface area contributed by atoms with Gasteiger partial charge in [-0.25, -0.2) is 4.79 Å². The van der Waals surface area contributed by atoms with E-state index in [1.807, 2.05) is 0 Å². The molecule has 0 atom stereocenters. The highest BCUT2D eigenvalue weighted by Crippen LogP contribution is 2.40. The normalized spacial score (nSPS) is 21.0. The van der Waals surface area contributed by atoms with E-state index in [1.54, 1.807) is 0 Å². The zero-order chi connectivity index (χ0) is 12.8. The van der Waals surface area contributed by atoms with Crippen molar-refractivity contribution < 1.29 is 19.4 Å². The van der Waals surface area contributed by atoms with Crippen molar-refractivity contribution in [2.75, 3.05) is 5.32 Å². The molecule has 0 saturated heterocycles. The largest absolute Gasteiger partial charge is 0.477 e. The number of amides is 1. The summed E-state index contributed by atoms with van der Waals surface area (Å²) in [5, 5.41) is 11.6. The summed E-state index contributed by atoms with van der Waals surface area (Å²) in [7, 11) is 0. The highest BCUT2D eigenvalue weighted by atomic mass is 16.5. The van der Waals surface area contributed by atoms with Gasteiger partial charge in [-0.2, -0.15) is 0 Å². The SMILES string of the molecule is O=C(O)c1cc2c([nH]1)OC1(CCCCC1)C(=O)N2. The van der Waals surface area contributed by atoms with Crippen molar-refractivity contribution in [1.82, 2.24) is 4.98 Å². The van der Waals surface area contributed by atoms with Gasteiger partial charge < -0.3 is 20.1 Å². The van der Waals surface area contributed by atoms with Crippen molar-refractivity contribution >= 4 is 17.6 Å². The van der Waals surface area contributed by atoms with Crippen molar-refractivity contribution in [2.45, 2.75) is 37.7 Å². The smallest absolute Gasteiger partial charge is 0.352 e. The van der Waals surface area contributed by atoms with E-state index in [4.69, 9.17) is 9.84 Å². The maximum atomic E-state index is 12.1. The summed E-state index contributed by atoms with van der Waals surface area (Å²) >= 11 is 0. The molecule has 6 heteroatoms. The molecule has 0 unspecified atom stereocenters. The average molecular weight is 250 g/mol. The van der Waals surface area contributed by atoms with Crippen LogP contribution in [0.4, 0.5) is 5.69 Å². The van der Waals surface area contributed by atoms with Crippen LogP contribution in [0.1, 0.15) is 42.6 Å². The van der Waals surface area contributed by atoms with Gasteiger partial charge in [-0.1, -0.05) is 6.42 Å². The second kappa shape index (κ2) is 3.76. The number of carbonyl (C=O) groups excluding carboxylic acids is 1. The Morgan fingerprint density at radius 1 is 1.33 bits per heavy atom. The molecule has 0 aromatic carbocycles. The van der Waals surface area contributed by atoms with Crippen molar-refractivity contribution in [2.24, 2.45) is 0 Å². The van der Waals surface area contributed by atoms with Crippen LogP contribution >= 0.6 is 0 Å². The van der Waals surface area contributed by atoms with E-state index in [0.29, 0.717) is 24.4 Å². The number of aromatic amines is 1. The van der Waals surface area contributed by atoms with Gasteiger partial charge in [-0.05, 0) is 31.7 Å². The molecule has 2 aliphatic rings. The Morgan fingerprint density at radius 3 is 2.72 bits per heavy atom. The number of hydrogen-bond donors (Lipinski definition) is 3. The van der Waals surface area contributed by atoms with E-state index in [9.17, 15) is 9.59 Å². The highest BCUT2D eigenvalue weighted by Gasteiger charge is 2.46. The molecule has 3 N–H and O–H groups in total. The molecule has 1 aromatic rings. The van der Waals surface area contributed by atoms with Crippen LogP contribution in [0.15, 0.2) is 6.07 Å². The zero-order valence-corrected chi connectivity index (χ0v) is 9.78. The lowest BCUT2D eigenvalue weighted by molar-refractivity contribution is -0.135. The topological polar surface area (TPSA) is 91.4 Å². The minimum Gasteiger partial charge on any atom is -0.477 e. The van der Waals surface area contributed by atoms with Crippen LogP contribution in [0.2, 0.25) is 0 Å². The fraction of sp³-hybridized carbons (Fsp3) is 0.500. The molecule has 0 bridgehead atoms. The van der Waals surface area contributed by atoms with Crippen molar-refractivity contribution in [1.29, 1.82) is 0 Å². The summed E-state index contributed by atoms with van der Waals surface area (Å²) in [6.45, 7) is 0. The van der Waals surface area contributed by atoms with Crippen molar-refractivity contribution in [3.05, 3.63) is 11.8 Å². The molecule has 6 nitrogen and oxygen atoms in total. The third kappa shape index (κ3) is 1.56. The number of aromatic nitrogens is 1. The molecule has 1 saturated carbocycles. The summed E-state index contributed by atoms with van der Waals surface area (Å²) in [4.78, 5) is 25.7. The van der Waals surface area contributed by atoms with Gasteiger partial charge in [-0.15, -0.1) is 0 Å². The number of ether oxygens (including phenoxy) is 1. The number of carboxylic acid groups (broad SMARTS) is 1. The number of rotatable bonds is 1. The van der Waals surface area contributed by atoms with E-state index in [2.05, 4.69) is 10.3 Å². The lowest BCUT2D eigenvalue weighted by Crippen LogP contribution is -2.51. The molecule has 96 valence electrons.